The fraction of sp³-hybridized carbons (Fsp3) is 0.500. The van der Waals surface area contributed by atoms with Gasteiger partial charge in [-0.15, -0.1) is 12.4 Å². The predicted octanol–water partition coefficient (Wildman–Crippen LogP) is 2.04. The molecule has 0 spiro atoms. The van der Waals surface area contributed by atoms with Gasteiger partial charge in [0.2, 0.25) is 11.8 Å². The molecule has 0 aromatic heterocycles. The average molecular weight is 326 g/mol. The Kier molecular flexibility index (Phi) is 7.74. The van der Waals surface area contributed by atoms with Crippen LogP contribution in [0.2, 0.25) is 0 Å². The summed E-state index contributed by atoms with van der Waals surface area (Å²) in [5.41, 5.74) is 0.933. The SMILES string of the molecule is CC(CCN1CCCC1=O)NC(=O)CNc1ccccc1.Cl. The highest BCUT2D eigenvalue weighted by Crippen LogP contribution is 2.10. The van der Waals surface area contributed by atoms with Gasteiger partial charge in [-0.05, 0) is 31.9 Å². The first-order chi connectivity index (χ1) is 10.1. The molecule has 1 atom stereocenters. The van der Waals surface area contributed by atoms with Crippen molar-refractivity contribution in [2.45, 2.75) is 32.2 Å². The molecular formula is C16H24ClN3O2. The van der Waals surface area contributed by atoms with Gasteiger partial charge in [-0.2, -0.15) is 0 Å². The van der Waals surface area contributed by atoms with Gasteiger partial charge in [0.1, 0.15) is 0 Å². The quantitative estimate of drug-likeness (QED) is 0.806. The molecule has 1 aromatic rings. The summed E-state index contributed by atoms with van der Waals surface area (Å²) in [5.74, 6) is 0.207. The van der Waals surface area contributed by atoms with Crippen molar-refractivity contribution in [1.82, 2.24) is 10.2 Å². The molecule has 0 radical (unpaired) electrons. The summed E-state index contributed by atoms with van der Waals surface area (Å²) in [6.07, 6.45) is 2.42. The van der Waals surface area contributed by atoms with Crippen molar-refractivity contribution >= 4 is 29.9 Å². The zero-order chi connectivity index (χ0) is 15.1. The summed E-state index contributed by atoms with van der Waals surface area (Å²) in [4.78, 5) is 25.2. The lowest BCUT2D eigenvalue weighted by atomic mass is 10.2. The molecule has 1 unspecified atom stereocenters. The molecule has 1 aliphatic rings. The first-order valence-electron chi connectivity index (χ1n) is 7.51. The monoisotopic (exact) mass is 325 g/mol. The minimum Gasteiger partial charge on any atom is -0.376 e. The number of carbonyl (C=O) groups excluding carboxylic acids is 2. The van der Waals surface area contributed by atoms with Gasteiger partial charge in [0.05, 0.1) is 6.54 Å². The molecule has 6 heteroatoms. The number of likely N-dealkylation sites (tertiary alicyclic amines) is 1. The number of amides is 2. The van der Waals surface area contributed by atoms with Crippen LogP contribution in [0, 0.1) is 0 Å². The Bertz CT molecular complexity index is 482. The number of hydrogen-bond donors (Lipinski definition) is 2. The van der Waals surface area contributed by atoms with E-state index in [4.69, 9.17) is 0 Å². The van der Waals surface area contributed by atoms with Crippen LogP contribution in [0.1, 0.15) is 26.2 Å². The van der Waals surface area contributed by atoms with E-state index < -0.39 is 0 Å². The number of para-hydroxylation sites is 1. The fourth-order valence-corrected chi connectivity index (χ4v) is 2.43. The third-order valence-electron chi connectivity index (χ3n) is 3.64. The minimum atomic E-state index is -0.0286. The second-order valence-electron chi connectivity index (χ2n) is 5.46. The van der Waals surface area contributed by atoms with Gasteiger partial charge < -0.3 is 15.5 Å². The topological polar surface area (TPSA) is 61.4 Å². The van der Waals surface area contributed by atoms with Gasteiger partial charge in [0.25, 0.3) is 0 Å². The normalized spacial score (nSPS) is 15.1. The number of nitrogens with zero attached hydrogens (tertiary/aromatic N) is 1. The summed E-state index contributed by atoms with van der Waals surface area (Å²) in [6, 6.07) is 9.72. The molecular weight excluding hydrogens is 302 g/mol. The molecule has 2 rings (SSSR count). The molecule has 0 aliphatic carbocycles. The molecule has 1 fully saturated rings. The van der Waals surface area contributed by atoms with Gasteiger partial charge in [-0.3, -0.25) is 9.59 Å². The Morgan fingerprint density at radius 2 is 2.05 bits per heavy atom. The second-order valence-corrected chi connectivity index (χ2v) is 5.46. The molecule has 22 heavy (non-hydrogen) atoms. The highest BCUT2D eigenvalue weighted by molar-refractivity contribution is 5.85. The number of rotatable bonds is 7. The Hall–Kier alpha value is -1.75. The van der Waals surface area contributed by atoms with E-state index in [9.17, 15) is 9.59 Å². The van der Waals surface area contributed by atoms with Crippen molar-refractivity contribution in [1.29, 1.82) is 0 Å². The van der Waals surface area contributed by atoms with Gasteiger partial charge in [-0.25, -0.2) is 0 Å². The lowest BCUT2D eigenvalue weighted by molar-refractivity contribution is -0.127. The molecule has 5 nitrogen and oxygen atoms in total. The standard InChI is InChI=1S/C16H23N3O2.ClH/c1-13(9-11-19-10-5-8-16(19)21)18-15(20)12-17-14-6-3-2-4-7-14;/h2-4,6-7,13,17H,5,8-12H2,1H3,(H,18,20);1H. The summed E-state index contributed by atoms with van der Waals surface area (Å²) in [7, 11) is 0. The van der Waals surface area contributed by atoms with E-state index in [1.807, 2.05) is 42.2 Å². The van der Waals surface area contributed by atoms with Crippen LogP contribution in [0.25, 0.3) is 0 Å². The molecule has 1 aromatic carbocycles. The average Bonchev–Trinajstić information content (AvgIpc) is 2.89. The Balaban J connectivity index is 0.00000242. The van der Waals surface area contributed by atoms with E-state index >= 15 is 0 Å². The van der Waals surface area contributed by atoms with Crippen LogP contribution in [0.15, 0.2) is 30.3 Å². The number of hydrogen-bond acceptors (Lipinski definition) is 3. The van der Waals surface area contributed by atoms with Crippen molar-refractivity contribution in [2.75, 3.05) is 25.0 Å². The zero-order valence-electron chi connectivity index (χ0n) is 12.9. The van der Waals surface area contributed by atoms with Gasteiger partial charge in [0.15, 0.2) is 0 Å². The van der Waals surface area contributed by atoms with E-state index in [1.165, 1.54) is 0 Å². The maximum absolute atomic E-state index is 11.8. The summed E-state index contributed by atoms with van der Waals surface area (Å²) in [5, 5.41) is 6.03. The van der Waals surface area contributed by atoms with E-state index in [0.717, 1.165) is 31.6 Å². The lowest BCUT2D eigenvalue weighted by Crippen LogP contribution is -2.39. The van der Waals surface area contributed by atoms with Crippen LogP contribution in [0.4, 0.5) is 5.69 Å². The number of halogens is 1. The number of nitrogens with one attached hydrogen (secondary N) is 2. The van der Waals surface area contributed by atoms with Crippen LogP contribution in [-0.2, 0) is 9.59 Å². The molecule has 0 bridgehead atoms. The van der Waals surface area contributed by atoms with Crippen molar-refractivity contribution in [3.05, 3.63) is 30.3 Å². The summed E-state index contributed by atoms with van der Waals surface area (Å²) in [6.45, 7) is 3.82. The van der Waals surface area contributed by atoms with Crippen molar-refractivity contribution < 1.29 is 9.59 Å². The Labute approximate surface area is 137 Å². The molecule has 2 N–H and O–H groups in total. The third kappa shape index (κ3) is 5.93. The van der Waals surface area contributed by atoms with Crippen molar-refractivity contribution in [3.8, 4) is 0 Å². The lowest BCUT2D eigenvalue weighted by Gasteiger charge is -2.19. The Morgan fingerprint density at radius 3 is 2.68 bits per heavy atom. The molecule has 122 valence electrons. The smallest absolute Gasteiger partial charge is 0.239 e. The first kappa shape index (κ1) is 18.3. The number of benzene rings is 1. The van der Waals surface area contributed by atoms with Gasteiger partial charge in [0, 0.05) is 31.2 Å². The van der Waals surface area contributed by atoms with Crippen molar-refractivity contribution in [3.63, 3.8) is 0 Å². The van der Waals surface area contributed by atoms with E-state index in [1.54, 1.807) is 0 Å². The fourth-order valence-electron chi connectivity index (χ4n) is 2.43. The summed E-state index contributed by atoms with van der Waals surface area (Å²) >= 11 is 0. The van der Waals surface area contributed by atoms with E-state index in [0.29, 0.717) is 6.42 Å². The zero-order valence-corrected chi connectivity index (χ0v) is 13.7. The predicted molar refractivity (Wildman–Crippen MR) is 90.2 cm³/mol. The largest absolute Gasteiger partial charge is 0.376 e. The number of anilines is 1. The van der Waals surface area contributed by atoms with Gasteiger partial charge in [-0.1, -0.05) is 18.2 Å². The van der Waals surface area contributed by atoms with Crippen LogP contribution >= 0.6 is 12.4 Å². The van der Waals surface area contributed by atoms with Crippen molar-refractivity contribution in [2.24, 2.45) is 0 Å². The molecule has 1 aliphatic heterocycles. The van der Waals surface area contributed by atoms with E-state index in [-0.39, 0.29) is 36.8 Å². The van der Waals surface area contributed by atoms with Crippen LogP contribution in [-0.4, -0.2) is 42.4 Å². The maximum atomic E-state index is 11.8. The molecule has 1 saturated heterocycles. The number of carbonyl (C=O) groups is 2. The maximum Gasteiger partial charge on any atom is 0.239 e. The minimum absolute atomic E-state index is 0. The second kappa shape index (κ2) is 9.30. The van der Waals surface area contributed by atoms with Crippen LogP contribution in [0.3, 0.4) is 0 Å². The molecule has 0 saturated carbocycles. The van der Waals surface area contributed by atoms with E-state index in [2.05, 4.69) is 10.6 Å². The molecule has 1 heterocycles. The van der Waals surface area contributed by atoms with Gasteiger partial charge >= 0.3 is 0 Å². The van der Waals surface area contributed by atoms with Crippen LogP contribution in [0.5, 0.6) is 0 Å². The highest BCUT2D eigenvalue weighted by Gasteiger charge is 2.20. The summed E-state index contributed by atoms with van der Waals surface area (Å²) < 4.78 is 0. The third-order valence-corrected chi connectivity index (χ3v) is 3.64. The Morgan fingerprint density at radius 1 is 1.32 bits per heavy atom. The first-order valence-corrected chi connectivity index (χ1v) is 7.51. The molecule has 2 amide bonds. The highest BCUT2D eigenvalue weighted by atomic mass is 35.5. The van der Waals surface area contributed by atoms with Crippen LogP contribution < -0.4 is 10.6 Å².